The summed E-state index contributed by atoms with van der Waals surface area (Å²) in [4.78, 5) is 0. The van der Waals surface area contributed by atoms with Crippen molar-refractivity contribution in [3.05, 3.63) is 35.3 Å². The second kappa shape index (κ2) is 7.97. The van der Waals surface area contributed by atoms with Crippen molar-refractivity contribution in [1.29, 1.82) is 15.8 Å². The lowest BCUT2D eigenvalue weighted by molar-refractivity contribution is 0.126. The number of anilines is 2. The molecule has 0 atom stereocenters. The topological polar surface area (TPSA) is 116 Å². The normalized spacial score (nSPS) is 19.3. The predicted molar refractivity (Wildman–Crippen MR) is 85.8 cm³/mol. The van der Waals surface area contributed by atoms with E-state index < -0.39 is 5.82 Å². The van der Waals surface area contributed by atoms with Crippen LogP contribution < -0.4 is 10.6 Å². The van der Waals surface area contributed by atoms with Crippen LogP contribution in [0.4, 0.5) is 15.8 Å². The maximum atomic E-state index is 13.6. The second-order valence-electron chi connectivity index (χ2n) is 5.55. The van der Waals surface area contributed by atoms with Crippen molar-refractivity contribution in [1.82, 2.24) is 0 Å². The lowest BCUT2D eigenvalue weighted by Crippen LogP contribution is -2.28. The fourth-order valence-corrected chi connectivity index (χ4v) is 2.60. The summed E-state index contributed by atoms with van der Waals surface area (Å²) in [6.45, 7) is 0. The number of benzene rings is 1. The van der Waals surface area contributed by atoms with E-state index in [2.05, 4.69) is 10.6 Å². The molecule has 0 bridgehead atoms. The van der Waals surface area contributed by atoms with Gasteiger partial charge in [-0.25, -0.2) is 4.39 Å². The molecule has 7 heteroatoms. The number of nitrogens with one attached hydrogen (secondary N) is 2. The summed E-state index contributed by atoms with van der Waals surface area (Å²) in [6, 6.07) is 9.17. The van der Waals surface area contributed by atoms with Gasteiger partial charge < -0.3 is 15.7 Å². The van der Waals surface area contributed by atoms with Crippen LogP contribution in [-0.2, 0) is 0 Å². The zero-order valence-electron chi connectivity index (χ0n) is 12.9. The third-order valence-corrected chi connectivity index (χ3v) is 3.88. The van der Waals surface area contributed by atoms with Gasteiger partial charge in [0, 0.05) is 6.04 Å². The lowest BCUT2D eigenvalue weighted by atomic mass is 9.93. The highest BCUT2D eigenvalue weighted by Crippen LogP contribution is 2.29. The van der Waals surface area contributed by atoms with Gasteiger partial charge in [-0.2, -0.15) is 15.8 Å². The SMILES string of the molecule is N#CC(C#N)=C(C#N)Nc1cc(F)ccc1NC1CCC(O)CC1. The molecule has 1 aromatic rings. The molecule has 2 rings (SSSR count). The van der Waals surface area contributed by atoms with Crippen LogP contribution in [-0.4, -0.2) is 17.3 Å². The molecule has 0 aromatic heterocycles. The number of aliphatic hydroxyl groups excluding tert-OH is 1. The molecule has 0 amide bonds. The summed E-state index contributed by atoms with van der Waals surface area (Å²) < 4.78 is 13.6. The molecule has 0 heterocycles. The van der Waals surface area contributed by atoms with Crippen LogP contribution in [0.15, 0.2) is 29.5 Å². The molecule has 122 valence electrons. The summed E-state index contributed by atoms with van der Waals surface area (Å²) >= 11 is 0. The Morgan fingerprint density at radius 2 is 1.71 bits per heavy atom. The van der Waals surface area contributed by atoms with E-state index in [0.29, 0.717) is 18.5 Å². The smallest absolute Gasteiger partial charge is 0.163 e. The van der Waals surface area contributed by atoms with E-state index in [1.807, 2.05) is 0 Å². The molecule has 1 aromatic carbocycles. The van der Waals surface area contributed by atoms with Crippen LogP contribution in [0.1, 0.15) is 25.7 Å². The molecule has 1 saturated carbocycles. The first-order chi connectivity index (χ1) is 11.6. The molecule has 0 aliphatic heterocycles. The van der Waals surface area contributed by atoms with Crippen molar-refractivity contribution in [2.75, 3.05) is 10.6 Å². The highest BCUT2D eigenvalue weighted by molar-refractivity contribution is 5.73. The Morgan fingerprint density at radius 1 is 1.04 bits per heavy atom. The van der Waals surface area contributed by atoms with Crippen LogP contribution in [0.3, 0.4) is 0 Å². The minimum absolute atomic E-state index is 0.125. The van der Waals surface area contributed by atoms with Crippen molar-refractivity contribution in [2.45, 2.75) is 37.8 Å². The van der Waals surface area contributed by atoms with Gasteiger partial charge in [0.2, 0.25) is 0 Å². The summed E-state index contributed by atoms with van der Waals surface area (Å²) in [5, 5.41) is 42.4. The third-order valence-electron chi connectivity index (χ3n) is 3.88. The number of allylic oxidation sites excluding steroid dienone is 2. The largest absolute Gasteiger partial charge is 0.393 e. The monoisotopic (exact) mass is 325 g/mol. The molecule has 3 N–H and O–H groups in total. The Labute approximate surface area is 139 Å². The predicted octanol–water partition coefficient (Wildman–Crippen LogP) is 2.78. The molecule has 0 spiro atoms. The van der Waals surface area contributed by atoms with E-state index in [9.17, 15) is 9.50 Å². The van der Waals surface area contributed by atoms with Crippen LogP contribution in [0.2, 0.25) is 0 Å². The van der Waals surface area contributed by atoms with Gasteiger partial charge in [-0.3, -0.25) is 0 Å². The van der Waals surface area contributed by atoms with Gasteiger partial charge in [0.1, 0.15) is 29.7 Å². The zero-order valence-corrected chi connectivity index (χ0v) is 12.9. The van der Waals surface area contributed by atoms with Gasteiger partial charge in [0.05, 0.1) is 17.5 Å². The number of hydrogen-bond acceptors (Lipinski definition) is 6. The van der Waals surface area contributed by atoms with E-state index in [-0.39, 0.29) is 29.1 Å². The zero-order chi connectivity index (χ0) is 17.5. The van der Waals surface area contributed by atoms with Gasteiger partial charge in [-0.15, -0.1) is 0 Å². The van der Waals surface area contributed by atoms with Gasteiger partial charge in [0.25, 0.3) is 0 Å². The maximum absolute atomic E-state index is 13.6. The minimum Gasteiger partial charge on any atom is -0.393 e. The van der Waals surface area contributed by atoms with Gasteiger partial charge in [0.15, 0.2) is 5.57 Å². The Balaban J connectivity index is 2.25. The fraction of sp³-hybridized carbons (Fsp3) is 0.353. The van der Waals surface area contributed by atoms with Crippen molar-refractivity contribution in [3.8, 4) is 18.2 Å². The number of rotatable bonds is 4. The third kappa shape index (κ3) is 4.23. The molecule has 0 saturated heterocycles. The van der Waals surface area contributed by atoms with E-state index in [1.165, 1.54) is 18.2 Å². The van der Waals surface area contributed by atoms with E-state index in [4.69, 9.17) is 15.8 Å². The molecule has 1 aliphatic carbocycles. The molecule has 1 aliphatic rings. The second-order valence-corrected chi connectivity index (χ2v) is 5.55. The Kier molecular flexibility index (Phi) is 5.73. The van der Waals surface area contributed by atoms with Gasteiger partial charge in [-0.1, -0.05) is 0 Å². The highest BCUT2D eigenvalue weighted by Gasteiger charge is 2.20. The summed E-state index contributed by atoms with van der Waals surface area (Å²) in [5.41, 5.74) is 0.252. The summed E-state index contributed by atoms with van der Waals surface area (Å²) in [7, 11) is 0. The van der Waals surface area contributed by atoms with Crippen molar-refractivity contribution in [3.63, 3.8) is 0 Å². The van der Waals surface area contributed by atoms with Crippen molar-refractivity contribution >= 4 is 11.4 Å². The van der Waals surface area contributed by atoms with Crippen molar-refractivity contribution in [2.24, 2.45) is 0 Å². The van der Waals surface area contributed by atoms with Crippen LogP contribution in [0.5, 0.6) is 0 Å². The Bertz CT molecular complexity index is 745. The van der Waals surface area contributed by atoms with E-state index in [1.54, 1.807) is 18.2 Å². The standard InChI is InChI=1S/C17H16FN5O/c18-12-1-6-15(22-13-2-4-14(24)5-3-13)16(7-12)23-17(10-21)11(8-19)9-20/h1,6-7,13-14,22-24H,2-5H2. The lowest BCUT2D eigenvalue weighted by Gasteiger charge is -2.28. The fourth-order valence-electron chi connectivity index (χ4n) is 2.60. The van der Waals surface area contributed by atoms with Crippen molar-refractivity contribution < 1.29 is 9.50 Å². The number of nitriles is 3. The molecule has 0 radical (unpaired) electrons. The average molecular weight is 325 g/mol. The quantitative estimate of drug-likeness (QED) is 0.733. The first-order valence-electron chi connectivity index (χ1n) is 7.53. The van der Waals surface area contributed by atoms with E-state index >= 15 is 0 Å². The van der Waals surface area contributed by atoms with Crippen LogP contribution >= 0.6 is 0 Å². The average Bonchev–Trinajstić information content (AvgIpc) is 2.59. The highest BCUT2D eigenvalue weighted by atomic mass is 19.1. The van der Waals surface area contributed by atoms with Gasteiger partial charge in [-0.05, 0) is 43.9 Å². The number of halogens is 1. The summed E-state index contributed by atoms with van der Waals surface area (Å²) in [5.74, 6) is -0.505. The first-order valence-corrected chi connectivity index (χ1v) is 7.53. The molecule has 0 unspecified atom stereocenters. The molecule has 1 fully saturated rings. The number of nitrogens with zero attached hydrogens (tertiary/aromatic N) is 3. The number of aliphatic hydroxyl groups is 1. The van der Waals surface area contributed by atoms with Gasteiger partial charge >= 0.3 is 0 Å². The molecular weight excluding hydrogens is 309 g/mol. The minimum atomic E-state index is -0.505. The Hall–Kier alpha value is -3.08. The van der Waals surface area contributed by atoms with E-state index in [0.717, 1.165) is 12.8 Å². The first kappa shape index (κ1) is 17.3. The number of hydrogen-bond donors (Lipinski definition) is 3. The molecular formula is C17H16FN5O. The molecule has 6 nitrogen and oxygen atoms in total. The Morgan fingerprint density at radius 3 is 2.29 bits per heavy atom. The maximum Gasteiger partial charge on any atom is 0.163 e. The van der Waals surface area contributed by atoms with Crippen LogP contribution in [0, 0.1) is 39.8 Å². The van der Waals surface area contributed by atoms with Crippen LogP contribution in [0.25, 0.3) is 0 Å². The summed E-state index contributed by atoms with van der Waals surface area (Å²) in [6.07, 6.45) is 2.66. The molecule has 24 heavy (non-hydrogen) atoms.